The normalized spacial score (nSPS) is 12.8. The summed E-state index contributed by atoms with van der Waals surface area (Å²) >= 11 is 0. The van der Waals surface area contributed by atoms with Crippen molar-refractivity contribution in [2.24, 2.45) is 0 Å². The predicted octanol–water partition coefficient (Wildman–Crippen LogP) is -0.425. The minimum atomic E-state index is -5.62. The van der Waals surface area contributed by atoms with Crippen LogP contribution in [0.1, 0.15) is 0 Å². The van der Waals surface area contributed by atoms with Gasteiger partial charge in [0.05, 0.1) is 0 Å². The van der Waals surface area contributed by atoms with E-state index >= 15 is 0 Å². The van der Waals surface area contributed by atoms with Gasteiger partial charge in [0.2, 0.25) is 41.6 Å². The first-order valence-corrected chi connectivity index (χ1v) is 8.04. The fourth-order valence-corrected chi connectivity index (χ4v) is 1.91. The van der Waals surface area contributed by atoms with Crippen molar-refractivity contribution in [1.82, 2.24) is 0 Å². The number of hydrogen-bond acceptors (Lipinski definition) is 8. The Bertz CT molecular complexity index is 551. The van der Waals surface area contributed by atoms with Crippen molar-refractivity contribution >= 4 is 41.6 Å². The third-order valence-corrected chi connectivity index (χ3v) is 3.21. The Balaban J connectivity index is -0.000000256. The molecule has 10 nitrogen and oxygen atoms in total. The van der Waals surface area contributed by atoms with Crippen LogP contribution in [0, 0.1) is 0 Å². The zero-order chi connectivity index (χ0) is 15.4. The van der Waals surface area contributed by atoms with Crippen molar-refractivity contribution in [2.75, 3.05) is 0 Å². The smallest absolute Gasteiger partial charge is 0.379 e. The van der Waals surface area contributed by atoms with Gasteiger partial charge in [-0.1, -0.05) is 0 Å². The van der Waals surface area contributed by atoms with Crippen LogP contribution in [0.3, 0.4) is 0 Å². The van der Waals surface area contributed by atoms with Crippen LogP contribution >= 0.6 is 0 Å². The minimum Gasteiger partial charge on any atom is -0.379 e. The van der Waals surface area contributed by atoms with E-state index in [-0.39, 0.29) is 17.1 Å². The number of nitrogens with zero attached hydrogens (tertiary/aromatic N) is 2. The zero-order valence-corrected chi connectivity index (χ0v) is 12.0. The van der Waals surface area contributed by atoms with Crippen LogP contribution in [0.15, 0.2) is 0 Å². The molecule has 0 radical (unpaired) electrons. The summed E-state index contributed by atoms with van der Waals surface area (Å²) in [5, 5.41) is 0. The Hall–Kier alpha value is -0.0405. The van der Waals surface area contributed by atoms with Crippen LogP contribution in [0.4, 0.5) is 15.5 Å². The van der Waals surface area contributed by atoms with Gasteiger partial charge in [0.1, 0.15) is 0 Å². The molecule has 0 unspecified atom stereocenters. The quantitative estimate of drug-likeness (QED) is 0.338. The van der Waals surface area contributed by atoms with E-state index in [0.717, 1.165) is 8.25 Å². The molecular weight excluding hydrogens is 416 g/mol. The van der Waals surface area contributed by atoms with E-state index in [4.69, 9.17) is 0 Å². The van der Waals surface area contributed by atoms with Crippen molar-refractivity contribution in [3.63, 3.8) is 0 Å². The summed E-state index contributed by atoms with van der Waals surface area (Å²) in [5.74, 6) is 0. The molecule has 0 rings (SSSR count). The fraction of sp³-hybridized carbons (Fsp3) is 0. The topological polar surface area (TPSA) is 165 Å². The molecule has 0 aromatic rings. The largest absolute Gasteiger partial charge is 2.00 e. The summed E-state index contributed by atoms with van der Waals surface area (Å²) < 4.78 is 120. The van der Waals surface area contributed by atoms with Gasteiger partial charge in [-0.2, -0.15) is 0 Å². The van der Waals surface area contributed by atoms with Gasteiger partial charge in [-0.15, -0.1) is 15.5 Å². The van der Waals surface area contributed by atoms with Gasteiger partial charge in [0.25, 0.3) is 0 Å². The number of halogens is 4. The van der Waals surface area contributed by atoms with Crippen LogP contribution in [0.5, 0.6) is 0 Å². The molecule has 0 aliphatic heterocycles. The van der Waals surface area contributed by atoms with E-state index in [1.165, 1.54) is 0 Å². The van der Waals surface area contributed by atoms with Crippen LogP contribution in [-0.2, 0) is 58.7 Å². The average Bonchev–Trinajstić information content (AvgIpc) is 1.64. The molecule has 0 saturated carbocycles. The first kappa shape index (κ1) is 24.0. The monoisotopic (exact) mass is 416 g/mol. The van der Waals surface area contributed by atoms with Gasteiger partial charge in [-0.3, -0.25) is 0 Å². The van der Waals surface area contributed by atoms with E-state index in [1.54, 1.807) is 0 Å². The number of hydrogen-bond donors (Lipinski definition) is 0. The Morgan fingerprint density at radius 3 is 0.579 bits per heavy atom. The molecule has 0 bridgehead atoms. The summed E-state index contributed by atoms with van der Waals surface area (Å²) in [6.07, 6.45) is 0. The van der Waals surface area contributed by atoms with Crippen molar-refractivity contribution in [1.29, 1.82) is 0 Å². The van der Waals surface area contributed by atoms with Crippen molar-refractivity contribution in [2.45, 2.75) is 0 Å². The first-order chi connectivity index (χ1) is 7.41. The summed E-state index contributed by atoms with van der Waals surface area (Å²) in [6, 6.07) is 0. The maximum atomic E-state index is 11.1. The Morgan fingerprint density at radius 1 is 0.474 bits per heavy atom. The van der Waals surface area contributed by atoms with Gasteiger partial charge in [-0.25, -0.2) is 33.7 Å². The van der Waals surface area contributed by atoms with E-state index in [1.807, 2.05) is 0 Å². The first-order valence-electron chi connectivity index (χ1n) is 2.68. The van der Waals surface area contributed by atoms with Crippen LogP contribution in [0.25, 0.3) is 8.25 Å². The van der Waals surface area contributed by atoms with Crippen molar-refractivity contribution < 1.29 is 66.3 Å². The molecule has 0 N–H and O–H groups in total. The van der Waals surface area contributed by atoms with E-state index in [0.29, 0.717) is 0 Å². The van der Waals surface area contributed by atoms with Gasteiger partial charge in [0.15, 0.2) is 0 Å². The Kier molecular flexibility index (Phi) is 9.69. The molecule has 0 fully saturated rings. The Labute approximate surface area is 116 Å². The third-order valence-electron chi connectivity index (χ3n) is 0.356. The second-order valence-corrected chi connectivity index (χ2v) is 6.29. The molecule has 19 heteroatoms. The van der Waals surface area contributed by atoms with Crippen LogP contribution < -0.4 is 0 Å². The average molecular weight is 416 g/mol. The Morgan fingerprint density at radius 2 is 0.579 bits per heavy atom. The van der Waals surface area contributed by atoms with Gasteiger partial charge >= 0.3 is 17.1 Å². The van der Waals surface area contributed by atoms with E-state index in [9.17, 15) is 49.2 Å². The fourth-order valence-electron chi connectivity index (χ4n) is 0.213. The summed E-state index contributed by atoms with van der Waals surface area (Å²) in [4.78, 5) is 0. The summed E-state index contributed by atoms with van der Waals surface area (Å²) in [6.45, 7) is 0. The van der Waals surface area contributed by atoms with Crippen molar-refractivity contribution in [3.05, 3.63) is 8.25 Å². The van der Waals surface area contributed by atoms with E-state index in [2.05, 4.69) is 0 Å². The molecule has 0 heterocycles. The molecule has 0 aliphatic carbocycles. The third kappa shape index (κ3) is 32.0. The van der Waals surface area contributed by atoms with Crippen LogP contribution in [-0.4, -0.2) is 33.7 Å². The van der Waals surface area contributed by atoms with Gasteiger partial charge in [0, 0.05) is 0 Å². The number of rotatable bonds is 4. The van der Waals surface area contributed by atoms with Crippen molar-refractivity contribution in [3.8, 4) is 0 Å². The molecule has 0 atom stereocenters. The molecule has 0 spiro atoms. The predicted molar refractivity (Wildman–Crippen MR) is 46.8 cm³/mol. The molecule has 0 aliphatic rings. The molecule has 0 amide bonds. The van der Waals surface area contributed by atoms with Gasteiger partial charge < -0.3 is 8.25 Å². The minimum absolute atomic E-state index is 0. The maximum Gasteiger partial charge on any atom is 2.00 e. The molecule has 118 valence electrons. The SMILES string of the molecule is O=S(=O)(F)[N-]S(=O)(=O)F.O=S(=O)(F)[N-]S(=O)(=O)F.[Fe+2]. The molecular formula is F4FeN2O8S4. The second-order valence-electron chi connectivity index (χ2n) is 1.80. The molecule has 0 aromatic carbocycles. The molecule has 0 aromatic heterocycles. The summed E-state index contributed by atoms with van der Waals surface area (Å²) in [7, 11) is -22.5. The molecule has 19 heavy (non-hydrogen) atoms. The second kappa shape index (κ2) is 7.67. The maximum absolute atomic E-state index is 11.1. The molecule has 0 saturated heterocycles. The zero-order valence-electron chi connectivity index (χ0n) is 7.66. The standard InChI is InChI=1S/2F2NO4S2.Fe/c2*1-8(4,5)3-9(2,6)7;/q2*-1;+2. The van der Waals surface area contributed by atoms with E-state index < -0.39 is 41.6 Å². The van der Waals surface area contributed by atoms with Crippen LogP contribution in [0.2, 0.25) is 0 Å². The summed E-state index contributed by atoms with van der Waals surface area (Å²) in [5.41, 5.74) is 0. The van der Waals surface area contributed by atoms with Gasteiger partial charge in [-0.05, 0) is 0 Å².